The lowest BCUT2D eigenvalue weighted by Gasteiger charge is -2.28. The molecule has 1 amide bonds. The van der Waals surface area contributed by atoms with Crippen LogP contribution in [0.4, 0.5) is 14.6 Å². The largest absolute Gasteiger partial charge is 0.497 e. The lowest BCUT2D eigenvalue weighted by atomic mass is 9.81. The minimum Gasteiger partial charge on any atom is -0.497 e. The van der Waals surface area contributed by atoms with Gasteiger partial charge < -0.3 is 19.5 Å². The van der Waals surface area contributed by atoms with E-state index in [4.69, 9.17) is 14.2 Å². The van der Waals surface area contributed by atoms with Crippen molar-refractivity contribution >= 4 is 11.7 Å². The molecule has 3 atom stereocenters. The molecule has 1 saturated carbocycles. The molecule has 186 valence electrons. The Morgan fingerprint density at radius 2 is 2.03 bits per heavy atom. The molecule has 4 rings (SSSR count). The molecule has 0 saturated heterocycles. The van der Waals surface area contributed by atoms with Crippen LogP contribution in [0.1, 0.15) is 29.9 Å². The van der Waals surface area contributed by atoms with Crippen molar-refractivity contribution in [2.75, 3.05) is 26.1 Å². The number of hydrogen-bond acceptors (Lipinski definition) is 7. The molecular weight excluding hydrogens is 458 g/mol. The van der Waals surface area contributed by atoms with Crippen LogP contribution in [-0.4, -0.2) is 41.7 Å². The topological polar surface area (TPSA) is 95.5 Å². The van der Waals surface area contributed by atoms with Crippen molar-refractivity contribution in [1.29, 1.82) is 0 Å². The maximum absolute atomic E-state index is 14.5. The average Bonchev–Trinajstić information content (AvgIpc) is 3.57. The SMILES string of the molecule is COCc1nc(C)ncc1OC[C@@]1(C2C=C(OC)C=C(F)C2)C[C@H]1C(=O)Nc1cc(C)c(F)cn1. The first-order valence-electron chi connectivity index (χ1n) is 11.2. The molecule has 0 aliphatic heterocycles. The van der Waals surface area contributed by atoms with E-state index in [1.807, 2.05) is 6.08 Å². The first-order chi connectivity index (χ1) is 16.8. The molecule has 0 radical (unpaired) electrons. The predicted octanol–water partition coefficient (Wildman–Crippen LogP) is 4.20. The van der Waals surface area contributed by atoms with Gasteiger partial charge in [0.05, 0.1) is 32.7 Å². The van der Waals surface area contributed by atoms with Gasteiger partial charge in [0.1, 0.15) is 34.7 Å². The Kier molecular flexibility index (Phi) is 7.11. The van der Waals surface area contributed by atoms with E-state index in [1.165, 1.54) is 19.3 Å². The van der Waals surface area contributed by atoms with Crippen molar-refractivity contribution in [2.45, 2.75) is 33.3 Å². The first kappa shape index (κ1) is 24.7. The van der Waals surface area contributed by atoms with Crippen LogP contribution >= 0.6 is 0 Å². The van der Waals surface area contributed by atoms with E-state index in [2.05, 4.69) is 20.3 Å². The molecule has 1 N–H and O–H groups in total. The summed E-state index contributed by atoms with van der Waals surface area (Å²) in [5.41, 5.74) is 0.271. The van der Waals surface area contributed by atoms with Gasteiger partial charge in [-0.15, -0.1) is 0 Å². The van der Waals surface area contributed by atoms with Gasteiger partial charge in [-0.05, 0) is 43.9 Å². The van der Waals surface area contributed by atoms with E-state index in [0.29, 0.717) is 35.0 Å². The fourth-order valence-electron chi connectivity index (χ4n) is 4.48. The molecular formula is C25H28F2N4O4. The van der Waals surface area contributed by atoms with Crippen LogP contribution in [0.5, 0.6) is 5.75 Å². The normalized spacial score (nSPS) is 23.3. The van der Waals surface area contributed by atoms with Crippen molar-refractivity contribution in [3.8, 4) is 5.75 Å². The van der Waals surface area contributed by atoms with Gasteiger partial charge in [-0.1, -0.05) is 0 Å². The van der Waals surface area contributed by atoms with Crippen LogP contribution in [0.2, 0.25) is 0 Å². The number of hydrogen-bond donors (Lipinski definition) is 1. The Bertz CT molecular complexity index is 1190. The highest BCUT2D eigenvalue weighted by molar-refractivity contribution is 5.94. The van der Waals surface area contributed by atoms with Crippen LogP contribution in [0.25, 0.3) is 0 Å². The standard InChI is InChI=1S/C25H28F2N4O4/c1-14-5-23(29-10-20(14)27)31-24(32)19-9-25(19,16-6-17(26)8-18(7-16)34-4)13-35-22-11-28-15(2)30-21(22)12-33-3/h5,7-8,10-11,16,19H,6,9,12-13H2,1-4H3,(H,29,31,32)/t16?,19-,25+/m0/s1. The van der Waals surface area contributed by atoms with Crippen molar-refractivity contribution in [2.24, 2.45) is 17.3 Å². The molecule has 1 unspecified atom stereocenters. The number of nitrogens with one attached hydrogen (secondary N) is 1. The number of carbonyl (C=O) groups is 1. The van der Waals surface area contributed by atoms with Crippen LogP contribution < -0.4 is 10.1 Å². The Morgan fingerprint density at radius 3 is 2.74 bits per heavy atom. The Labute approximate surface area is 202 Å². The highest BCUT2D eigenvalue weighted by Crippen LogP contribution is 2.61. The van der Waals surface area contributed by atoms with Crippen molar-refractivity contribution in [3.05, 3.63) is 65.1 Å². The zero-order chi connectivity index (χ0) is 25.2. The fourth-order valence-corrected chi connectivity index (χ4v) is 4.48. The average molecular weight is 487 g/mol. The summed E-state index contributed by atoms with van der Waals surface area (Å²) >= 11 is 0. The van der Waals surface area contributed by atoms with Gasteiger partial charge in [0.25, 0.3) is 0 Å². The summed E-state index contributed by atoms with van der Waals surface area (Å²) in [4.78, 5) is 25.7. The minimum absolute atomic E-state index is 0.128. The third-order valence-electron chi connectivity index (χ3n) is 6.51. The number of amides is 1. The van der Waals surface area contributed by atoms with E-state index >= 15 is 0 Å². The summed E-state index contributed by atoms with van der Waals surface area (Å²) in [7, 11) is 3.03. The number of ether oxygens (including phenoxy) is 3. The van der Waals surface area contributed by atoms with Crippen LogP contribution in [0, 0.1) is 36.9 Å². The van der Waals surface area contributed by atoms with Gasteiger partial charge in [-0.2, -0.15) is 0 Å². The molecule has 35 heavy (non-hydrogen) atoms. The third kappa shape index (κ3) is 5.32. The van der Waals surface area contributed by atoms with Gasteiger partial charge in [0.2, 0.25) is 5.91 Å². The molecule has 2 aromatic rings. The molecule has 1 fully saturated rings. The number of halogens is 2. The van der Waals surface area contributed by atoms with Gasteiger partial charge >= 0.3 is 0 Å². The number of rotatable bonds is 9. The number of allylic oxidation sites excluding steroid dienone is 3. The monoisotopic (exact) mass is 486 g/mol. The molecule has 0 spiro atoms. The zero-order valence-electron chi connectivity index (χ0n) is 20.1. The van der Waals surface area contributed by atoms with Crippen molar-refractivity contribution < 1.29 is 27.8 Å². The first-order valence-corrected chi connectivity index (χ1v) is 11.2. The Balaban J connectivity index is 1.58. The lowest BCUT2D eigenvalue weighted by molar-refractivity contribution is -0.118. The molecule has 2 aliphatic rings. The maximum Gasteiger partial charge on any atom is 0.229 e. The number of aryl methyl sites for hydroxylation is 2. The predicted molar refractivity (Wildman–Crippen MR) is 123 cm³/mol. The Morgan fingerprint density at radius 1 is 1.23 bits per heavy atom. The molecule has 2 aliphatic carbocycles. The van der Waals surface area contributed by atoms with Crippen LogP contribution in [0.3, 0.4) is 0 Å². The number of methoxy groups -OCH3 is 2. The van der Waals surface area contributed by atoms with Crippen LogP contribution in [-0.2, 0) is 20.9 Å². The van der Waals surface area contributed by atoms with E-state index < -0.39 is 17.2 Å². The van der Waals surface area contributed by atoms with Gasteiger partial charge in [-0.25, -0.2) is 23.7 Å². The quantitative estimate of drug-likeness (QED) is 0.568. The highest BCUT2D eigenvalue weighted by Gasteiger charge is 2.63. The Hall–Kier alpha value is -3.40. The number of nitrogens with zero attached hydrogens (tertiary/aromatic N) is 3. The molecule has 2 heterocycles. The summed E-state index contributed by atoms with van der Waals surface area (Å²) in [6.07, 6.45) is 6.42. The minimum atomic E-state index is -0.691. The second-order valence-corrected chi connectivity index (χ2v) is 8.92. The maximum atomic E-state index is 14.5. The second-order valence-electron chi connectivity index (χ2n) is 8.92. The highest BCUT2D eigenvalue weighted by atomic mass is 19.1. The smallest absolute Gasteiger partial charge is 0.229 e. The number of aromatic nitrogens is 3. The number of pyridine rings is 1. The third-order valence-corrected chi connectivity index (χ3v) is 6.51. The molecule has 10 heteroatoms. The zero-order valence-corrected chi connectivity index (χ0v) is 20.1. The van der Waals surface area contributed by atoms with E-state index in [-0.39, 0.29) is 43.1 Å². The molecule has 2 aromatic heterocycles. The van der Waals surface area contributed by atoms with E-state index in [0.717, 1.165) is 6.20 Å². The summed E-state index contributed by atoms with van der Waals surface area (Å²) < 4.78 is 44.7. The van der Waals surface area contributed by atoms with Gasteiger partial charge in [0.15, 0.2) is 5.75 Å². The molecule has 0 bridgehead atoms. The van der Waals surface area contributed by atoms with Crippen molar-refractivity contribution in [3.63, 3.8) is 0 Å². The van der Waals surface area contributed by atoms with Crippen molar-refractivity contribution in [1.82, 2.24) is 15.0 Å². The van der Waals surface area contributed by atoms with Gasteiger partial charge in [-0.3, -0.25) is 4.79 Å². The summed E-state index contributed by atoms with van der Waals surface area (Å²) in [6, 6.07) is 1.47. The lowest BCUT2D eigenvalue weighted by Crippen LogP contribution is -2.30. The van der Waals surface area contributed by atoms with Gasteiger partial charge in [0, 0.05) is 30.9 Å². The number of carbonyl (C=O) groups excluding carboxylic acids is 1. The van der Waals surface area contributed by atoms with E-state index in [9.17, 15) is 13.6 Å². The van der Waals surface area contributed by atoms with Crippen LogP contribution in [0.15, 0.2) is 42.2 Å². The summed E-state index contributed by atoms with van der Waals surface area (Å²) in [6.45, 7) is 3.73. The second kappa shape index (κ2) is 10.1. The summed E-state index contributed by atoms with van der Waals surface area (Å²) in [5.74, 6) is -0.187. The number of anilines is 1. The van der Waals surface area contributed by atoms with E-state index in [1.54, 1.807) is 27.2 Å². The summed E-state index contributed by atoms with van der Waals surface area (Å²) in [5, 5.41) is 2.76. The fraction of sp³-hybridized carbons (Fsp3) is 0.440. The molecule has 0 aromatic carbocycles. The molecule has 8 nitrogen and oxygen atoms in total.